The third-order valence-corrected chi connectivity index (χ3v) is 4.76. The zero-order valence-corrected chi connectivity index (χ0v) is 12.6. The topological polar surface area (TPSA) is 64.0 Å². The number of nitrogens with zero attached hydrogens (tertiary/aromatic N) is 2. The fraction of sp³-hybridized carbons (Fsp3) is 0.667. The molecule has 0 radical (unpaired) electrons. The molecule has 0 spiro atoms. The van der Waals surface area contributed by atoms with Crippen molar-refractivity contribution in [1.29, 1.82) is 0 Å². The summed E-state index contributed by atoms with van der Waals surface area (Å²) < 4.78 is 0. The van der Waals surface area contributed by atoms with Crippen LogP contribution in [-0.4, -0.2) is 40.2 Å². The van der Waals surface area contributed by atoms with Gasteiger partial charge in [0, 0.05) is 25.2 Å². The van der Waals surface area contributed by atoms with Crippen LogP contribution in [0.5, 0.6) is 0 Å². The van der Waals surface area contributed by atoms with Crippen molar-refractivity contribution < 1.29 is 23.2 Å². The maximum absolute atomic E-state index is 10.8. The van der Waals surface area contributed by atoms with Crippen molar-refractivity contribution in [2.75, 3.05) is 13.1 Å². The first-order valence-electron chi connectivity index (χ1n) is 7.38. The van der Waals surface area contributed by atoms with E-state index in [-0.39, 0.29) is 12.4 Å². The molecule has 1 atom stereocenters. The Bertz CT molecular complexity index is 420. The van der Waals surface area contributed by atoms with Crippen LogP contribution in [-0.2, 0) is 5.60 Å². The SMILES string of the molecule is [Cl-].[NH3+]C1CCN(C2CCC(O)(c3ccccn3)CC2)C1. The molecule has 1 aliphatic heterocycles. The van der Waals surface area contributed by atoms with Gasteiger partial charge in [-0.25, -0.2) is 0 Å². The predicted octanol–water partition coefficient (Wildman–Crippen LogP) is -2.47. The van der Waals surface area contributed by atoms with Crippen LogP contribution in [0.15, 0.2) is 24.4 Å². The van der Waals surface area contributed by atoms with Crippen LogP contribution in [0, 0.1) is 0 Å². The molecule has 1 unspecified atom stereocenters. The number of pyridine rings is 1. The molecule has 4 N–H and O–H groups in total. The zero-order valence-electron chi connectivity index (χ0n) is 11.8. The molecule has 1 saturated carbocycles. The molecule has 2 aliphatic rings. The summed E-state index contributed by atoms with van der Waals surface area (Å²) in [7, 11) is 0. The molecule has 3 rings (SSSR count). The third-order valence-electron chi connectivity index (χ3n) is 4.76. The normalized spacial score (nSPS) is 34.7. The van der Waals surface area contributed by atoms with Crippen molar-refractivity contribution in [3.05, 3.63) is 30.1 Å². The lowest BCUT2D eigenvalue weighted by atomic mass is 9.79. The average molecular weight is 298 g/mol. The molecule has 1 saturated heterocycles. The van der Waals surface area contributed by atoms with Gasteiger partial charge in [0.05, 0.1) is 18.3 Å². The highest BCUT2D eigenvalue weighted by Gasteiger charge is 2.39. The van der Waals surface area contributed by atoms with Crippen molar-refractivity contribution >= 4 is 0 Å². The van der Waals surface area contributed by atoms with E-state index in [1.807, 2.05) is 18.2 Å². The molecule has 5 heteroatoms. The molecule has 1 aromatic heterocycles. The smallest absolute Gasteiger partial charge is 0.107 e. The lowest BCUT2D eigenvalue weighted by Gasteiger charge is -2.39. The molecule has 0 amide bonds. The third kappa shape index (κ3) is 3.14. The van der Waals surface area contributed by atoms with Crippen LogP contribution >= 0.6 is 0 Å². The van der Waals surface area contributed by atoms with Gasteiger partial charge in [0.1, 0.15) is 5.60 Å². The monoisotopic (exact) mass is 297 g/mol. The minimum atomic E-state index is -0.707. The van der Waals surface area contributed by atoms with Crippen LogP contribution in [0.2, 0.25) is 0 Å². The number of hydrogen-bond acceptors (Lipinski definition) is 3. The zero-order chi connectivity index (χ0) is 13.3. The van der Waals surface area contributed by atoms with E-state index < -0.39 is 5.60 Å². The number of rotatable bonds is 2. The van der Waals surface area contributed by atoms with Crippen LogP contribution in [0.1, 0.15) is 37.8 Å². The maximum atomic E-state index is 10.8. The van der Waals surface area contributed by atoms with E-state index in [1.54, 1.807) is 6.20 Å². The lowest BCUT2D eigenvalue weighted by Crippen LogP contribution is -3.00. The standard InChI is InChI=1S/C15H23N3O.ClH/c16-12-6-10-18(11-12)13-4-7-15(19,8-5-13)14-3-1-2-9-17-14;/h1-3,9,12-13,19H,4-8,10-11,16H2;1H. The first-order chi connectivity index (χ1) is 9.17. The molecule has 2 fully saturated rings. The van der Waals surface area contributed by atoms with Crippen LogP contribution < -0.4 is 18.1 Å². The van der Waals surface area contributed by atoms with Crippen molar-refractivity contribution in [2.24, 2.45) is 0 Å². The molecule has 2 heterocycles. The predicted molar refractivity (Wildman–Crippen MR) is 73.3 cm³/mol. The van der Waals surface area contributed by atoms with Gasteiger partial charge < -0.3 is 23.2 Å². The molecule has 1 aliphatic carbocycles. The fourth-order valence-electron chi connectivity index (χ4n) is 3.53. The van der Waals surface area contributed by atoms with E-state index >= 15 is 0 Å². The van der Waals surface area contributed by atoms with Crippen molar-refractivity contribution in [3.63, 3.8) is 0 Å². The van der Waals surface area contributed by atoms with Gasteiger partial charge in [-0.2, -0.15) is 0 Å². The summed E-state index contributed by atoms with van der Waals surface area (Å²) in [5.41, 5.74) is 4.29. The van der Waals surface area contributed by atoms with Gasteiger partial charge in [0.2, 0.25) is 0 Å². The van der Waals surface area contributed by atoms with Gasteiger partial charge in [-0.15, -0.1) is 0 Å². The highest BCUT2D eigenvalue weighted by molar-refractivity contribution is 5.14. The summed E-state index contributed by atoms with van der Waals surface area (Å²) in [6, 6.07) is 7.03. The van der Waals surface area contributed by atoms with E-state index in [9.17, 15) is 5.11 Å². The number of quaternary nitrogens is 1. The summed E-state index contributed by atoms with van der Waals surface area (Å²) in [6.07, 6.45) is 6.79. The van der Waals surface area contributed by atoms with Gasteiger partial charge in [0.15, 0.2) is 0 Å². The summed E-state index contributed by atoms with van der Waals surface area (Å²) in [6.45, 7) is 2.31. The molecule has 112 valence electrons. The Morgan fingerprint density at radius 1 is 1.25 bits per heavy atom. The summed E-state index contributed by atoms with van der Waals surface area (Å²) >= 11 is 0. The number of hydrogen-bond donors (Lipinski definition) is 2. The Morgan fingerprint density at radius 2 is 2.00 bits per heavy atom. The second kappa shape index (κ2) is 6.39. The van der Waals surface area contributed by atoms with E-state index in [2.05, 4.69) is 15.6 Å². The molecule has 0 aromatic carbocycles. The van der Waals surface area contributed by atoms with Crippen molar-refractivity contribution in [1.82, 2.24) is 9.88 Å². The fourth-order valence-corrected chi connectivity index (χ4v) is 3.53. The molecule has 20 heavy (non-hydrogen) atoms. The van der Waals surface area contributed by atoms with Gasteiger partial charge in [-0.05, 0) is 37.8 Å². The largest absolute Gasteiger partial charge is 1.00 e. The number of aliphatic hydroxyl groups is 1. The number of likely N-dealkylation sites (tertiary alicyclic amines) is 1. The molecular formula is C15H24ClN3O. The second-order valence-corrected chi connectivity index (χ2v) is 6.13. The van der Waals surface area contributed by atoms with E-state index in [1.165, 1.54) is 13.0 Å². The van der Waals surface area contributed by atoms with Crippen molar-refractivity contribution in [3.8, 4) is 0 Å². The Morgan fingerprint density at radius 3 is 2.55 bits per heavy atom. The molecular weight excluding hydrogens is 274 g/mol. The van der Waals surface area contributed by atoms with Gasteiger partial charge in [-0.3, -0.25) is 9.88 Å². The Hall–Kier alpha value is -0.680. The second-order valence-electron chi connectivity index (χ2n) is 6.13. The average Bonchev–Trinajstić information content (AvgIpc) is 2.87. The van der Waals surface area contributed by atoms with Crippen LogP contribution in [0.3, 0.4) is 0 Å². The summed E-state index contributed by atoms with van der Waals surface area (Å²) in [4.78, 5) is 6.90. The summed E-state index contributed by atoms with van der Waals surface area (Å²) in [5.74, 6) is 0. The Kier molecular flexibility index (Phi) is 5.02. The van der Waals surface area contributed by atoms with Crippen LogP contribution in [0.25, 0.3) is 0 Å². The van der Waals surface area contributed by atoms with E-state index in [0.717, 1.165) is 37.9 Å². The first-order valence-corrected chi connectivity index (χ1v) is 7.38. The van der Waals surface area contributed by atoms with Crippen LogP contribution in [0.4, 0.5) is 0 Å². The maximum Gasteiger partial charge on any atom is 0.107 e. The van der Waals surface area contributed by atoms with Crippen molar-refractivity contribution in [2.45, 2.75) is 49.8 Å². The van der Waals surface area contributed by atoms with Gasteiger partial charge in [0.25, 0.3) is 0 Å². The molecule has 4 nitrogen and oxygen atoms in total. The molecule has 0 bridgehead atoms. The van der Waals surface area contributed by atoms with E-state index in [0.29, 0.717) is 12.1 Å². The summed E-state index contributed by atoms with van der Waals surface area (Å²) in [5, 5.41) is 10.8. The number of halogens is 1. The first kappa shape index (κ1) is 15.7. The van der Waals surface area contributed by atoms with Gasteiger partial charge >= 0.3 is 0 Å². The lowest BCUT2D eigenvalue weighted by molar-refractivity contribution is -0.414. The molecule has 1 aromatic rings. The Balaban J connectivity index is 0.00000147. The number of aromatic nitrogens is 1. The highest BCUT2D eigenvalue weighted by Crippen LogP contribution is 2.38. The minimum absolute atomic E-state index is 0. The minimum Gasteiger partial charge on any atom is -1.00 e. The highest BCUT2D eigenvalue weighted by atomic mass is 35.5. The Labute approximate surface area is 126 Å². The van der Waals surface area contributed by atoms with E-state index in [4.69, 9.17) is 0 Å². The quantitative estimate of drug-likeness (QED) is 0.636. The van der Waals surface area contributed by atoms with Gasteiger partial charge in [-0.1, -0.05) is 6.07 Å².